The Labute approximate surface area is 397 Å². The average molecular weight is 864 g/mol. The Hall–Kier alpha value is -7.22. The Kier molecular flexibility index (Phi) is 9.33. The van der Waals surface area contributed by atoms with E-state index in [0.29, 0.717) is 0 Å². The lowest BCUT2D eigenvalue weighted by molar-refractivity contribution is 0.332. The third-order valence-corrected chi connectivity index (χ3v) is 16.0. The predicted molar refractivity (Wildman–Crippen MR) is 282 cm³/mol. The highest BCUT2D eigenvalue weighted by Gasteiger charge is 2.47. The molecule has 9 aromatic rings. The van der Waals surface area contributed by atoms with Gasteiger partial charge in [0.05, 0.1) is 11.1 Å². The molecule has 0 amide bonds. The first-order valence-corrected chi connectivity index (χ1v) is 24.2. The molecule has 9 aromatic carbocycles. The van der Waals surface area contributed by atoms with E-state index in [1.807, 2.05) is 0 Å². The van der Waals surface area contributed by atoms with Crippen LogP contribution in [0.15, 0.2) is 212 Å². The van der Waals surface area contributed by atoms with Gasteiger partial charge < -0.3 is 4.90 Å². The van der Waals surface area contributed by atoms with Crippen molar-refractivity contribution in [2.75, 3.05) is 4.90 Å². The van der Waals surface area contributed by atoms with Gasteiger partial charge in [0.1, 0.15) is 0 Å². The average Bonchev–Trinajstić information content (AvgIpc) is 3.78. The second-order valence-electron chi connectivity index (χ2n) is 21.1. The molecule has 0 spiro atoms. The van der Waals surface area contributed by atoms with Crippen LogP contribution in [0.4, 0.5) is 17.1 Å². The van der Waals surface area contributed by atoms with Crippen molar-refractivity contribution in [2.45, 2.75) is 76.0 Å². The van der Waals surface area contributed by atoms with Gasteiger partial charge in [-0.15, -0.1) is 0 Å². The van der Waals surface area contributed by atoms with Gasteiger partial charge in [0.25, 0.3) is 0 Å². The molecular weight excluding hydrogens is 807 g/mol. The standard InChI is InChI=1S/C66H57N/c1-63(2)38-39-64(3,4)61-40-46(34-37-58(61)63)44-30-32-45(33-31-44)54-42-55-52-27-16-18-28-56(52)65(5,6)59(55)43-62(54)67(49-24-14-9-15-25-49)50-35-36-53-51-26-17-19-29-57(51)66(60(53)41-50,47-20-10-7-11-21-47)48-22-12-8-13-23-48/h7-37,40-43H,38-39H2,1-6H3. The second kappa shape index (κ2) is 15.2. The molecule has 0 aliphatic heterocycles. The van der Waals surface area contributed by atoms with E-state index in [1.165, 1.54) is 102 Å². The fraction of sp³-hybridized carbons (Fsp3) is 0.182. The van der Waals surface area contributed by atoms with Crippen molar-refractivity contribution in [1.82, 2.24) is 0 Å². The van der Waals surface area contributed by atoms with Gasteiger partial charge >= 0.3 is 0 Å². The number of benzene rings is 9. The molecule has 0 atom stereocenters. The minimum Gasteiger partial charge on any atom is -0.310 e. The normalized spacial score (nSPS) is 16.3. The van der Waals surface area contributed by atoms with Crippen molar-refractivity contribution in [1.29, 1.82) is 0 Å². The monoisotopic (exact) mass is 863 g/mol. The summed E-state index contributed by atoms with van der Waals surface area (Å²) in [6.45, 7) is 14.4. The molecule has 12 rings (SSSR count). The van der Waals surface area contributed by atoms with Gasteiger partial charge in [-0.05, 0) is 144 Å². The largest absolute Gasteiger partial charge is 0.310 e. The minimum absolute atomic E-state index is 0.146. The summed E-state index contributed by atoms with van der Waals surface area (Å²) in [6, 6.07) is 80.3. The summed E-state index contributed by atoms with van der Waals surface area (Å²) < 4.78 is 0. The minimum atomic E-state index is -0.519. The van der Waals surface area contributed by atoms with Crippen molar-refractivity contribution in [3.63, 3.8) is 0 Å². The maximum atomic E-state index is 2.53. The Morgan fingerprint density at radius 1 is 0.313 bits per heavy atom. The molecule has 0 bridgehead atoms. The van der Waals surface area contributed by atoms with Gasteiger partial charge in [0.2, 0.25) is 0 Å². The molecule has 3 aliphatic carbocycles. The maximum absolute atomic E-state index is 2.53. The van der Waals surface area contributed by atoms with Crippen LogP contribution in [0.2, 0.25) is 0 Å². The zero-order valence-corrected chi connectivity index (χ0v) is 39.6. The van der Waals surface area contributed by atoms with Crippen molar-refractivity contribution in [3.8, 4) is 44.5 Å². The van der Waals surface area contributed by atoms with E-state index in [4.69, 9.17) is 0 Å². The lowest BCUT2D eigenvalue weighted by atomic mass is 9.63. The third-order valence-electron chi connectivity index (χ3n) is 16.0. The maximum Gasteiger partial charge on any atom is 0.0714 e. The van der Waals surface area contributed by atoms with Crippen molar-refractivity contribution in [3.05, 3.63) is 257 Å². The zero-order chi connectivity index (χ0) is 45.7. The summed E-state index contributed by atoms with van der Waals surface area (Å²) in [4.78, 5) is 2.53. The highest BCUT2D eigenvalue weighted by atomic mass is 15.1. The molecule has 1 nitrogen and oxygen atoms in total. The molecule has 3 aliphatic rings. The molecule has 0 fully saturated rings. The smallest absolute Gasteiger partial charge is 0.0714 e. The van der Waals surface area contributed by atoms with Gasteiger partial charge in [0.15, 0.2) is 0 Å². The van der Waals surface area contributed by atoms with Crippen LogP contribution < -0.4 is 4.90 Å². The quantitative estimate of drug-likeness (QED) is 0.154. The highest BCUT2D eigenvalue weighted by molar-refractivity contribution is 5.96. The molecule has 67 heavy (non-hydrogen) atoms. The number of anilines is 3. The Morgan fingerprint density at radius 3 is 1.49 bits per heavy atom. The van der Waals surface area contributed by atoms with Crippen molar-refractivity contribution >= 4 is 17.1 Å². The number of hydrogen-bond acceptors (Lipinski definition) is 1. The van der Waals surface area contributed by atoms with E-state index >= 15 is 0 Å². The van der Waals surface area contributed by atoms with E-state index in [-0.39, 0.29) is 16.2 Å². The summed E-state index contributed by atoms with van der Waals surface area (Å²) >= 11 is 0. The summed E-state index contributed by atoms with van der Waals surface area (Å²) in [5, 5.41) is 0. The van der Waals surface area contributed by atoms with Gasteiger partial charge in [0, 0.05) is 22.4 Å². The molecule has 0 N–H and O–H groups in total. The van der Waals surface area contributed by atoms with Crippen LogP contribution >= 0.6 is 0 Å². The van der Waals surface area contributed by atoms with E-state index in [2.05, 4.69) is 259 Å². The molecule has 0 saturated carbocycles. The van der Waals surface area contributed by atoms with Crippen LogP contribution in [-0.2, 0) is 21.7 Å². The predicted octanol–water partition coefficient (Wildman–Crippen LogP) is 17.5. The van der Waals surface area contributed by atoms with E-state index in [9.17, 15) is 0 Å². The van der Waals surface area contributed by atoms with Gasteiger partial charge in [-0.25, -0.2) is 0 Å². The number of para-hydroxylation sites is 1. The Bertz CT molecular complexity index is 3310. The van der Waals surface area contributed by atoms with Crippen LogP contribution in [0.5, 0.6) is 0 Å². The van der Waals surface area contributed by atoms with E-state index in [0.717, 1.165) is 17.1 Å². The van der Waals surface area contributed by atoms with Crippen LogP contribution in [0.25, 0.3) is 44.5 Å². The molecule has 0 heterocycles. The molecule has 326 valence electrons. The van der Waals surface area contributed by atoms with Crippen LogP contribution in [0.1, 0.15) is 98.9 Å². The Morgan fingerprint density at radius 2 is 0.836 bits per heavy atom. The number of nitrogens with zero attached hydrogens (tertiary/aromatic N) is 1. The summed E-state index contributed by atoms with van der Waals surface area (Å²) in [7, 11) is 0. The fourth-order valence-corrected chi connectivity index (χ4v) is 12.3. The zero-order valence-electron chi connectivity index (χ0n) is 39.6. The van der Waals surface area contributed by atoms with Gasteiger partial charge in [-0.3, -0.25) is 0 Å². The van der Waals surface area contributed by atoms with Crippen LogP contribution in [-0.4, -0.2) is 0 Å². The summed E-state index contributed by atoms with van der Waals surface area (Å²) in [5.74, 6) is 0. The first kappa shape index (κ1) is 41.2. The summed E-state index contributed by atoms with van der Waals surface area (Å²) in [5.41, 5.74) is 24.0. The third kappa shape index (κ3) is 6.28. The molecule has 0 unspecified atom stereocenters. The highest BCUT2D eigenvalue weighted by Crippen LogP contribution is 2.59. The molecule has 0 saturated heterocycles. The first-order chi connectivity index (χ1) is 32.5. The van der Waals surface area contributed by atoms with Crippen LogP contribution in [0, 0.1) is 0 Å². The SMILES string of the molecule is CC1(C)CCC(C)(C)c2cc(-c3ccc(-c4cc5c(cc4N(c4ccccc4)c4ccc6c(c4)C(c4ccccc4)(c4ccccc4)c4ccccc4-6)C(C)(C)c4ccccc4-5)cc3)ccc21. The lowest BCUT2D eigenvalue weighted by Gasteiger charge is -2.42. The first-order valence-electron chi connectivity index (χ1n) is 24.2. The van der Waals surface area contributed by atoms with Crippen LogP contribution in [0.3, 0.4) is 0 Å². The van der Waals surface area contributed by atoms with Gasteiger partial charge in [-0.1, -0.05) is 217 Å². The van der Waals surface area contributed by atoms with E-state index < -0.39 is 5.41 Å². The number of fused-ring (bicyclic) bond motifs is 7. The van der Waals surface area contributed by atoms with Gasteiger partial charge in [-0.2, -0.15) is 0 Å². The molecule has 0 radical (unpaired) electrons. The van der Waals surface area contributed by atoms with Crippen molar-refractivity contribution in [2.24, 2.45) is 0 Å². The molecule has 1 heteroatoms. The topological polar surface area (TPSA) is 3.24 Å². The number of rotatable bonds is 7. The molecule has 0 aromatic heterocycles. The molecular formula is C66H57N. The van der Waals surface area contributed by atoms with Crippen molar-refractivity contribution < 1.29 is 0 Å². The number of hydrogen-bond donors (Lipinski definition) is 0. The summed E-state index contributed by atoms with van der Waals surface area (Å²) in [6.07, 6.45) is 2.41. The fourth-order valence-electron chi connectivity index (χ4n) is 12.3. The Balaban J connectivity index is 1.09. The second-order valence-corrected chi connectivity index (χ2v) is 21.1. The van der Waals surface area contributed by atoms with E-state index in [1.54, 1.807) is 0 Å². The lowest BCUT2D eigenvalue weighted by Crippen LogP contribution is -2.33.